The third-order valence-corrected chi connectivity index (χ3v) is 3.92. The summed E-state index contributed by atoms with van der Waals surface area (Å²) in [6.45, 7) is 2.46. The second-order valence-electron chi connectivity index (χ2n) is 5.33. The highest BCUT2D eigenvalue weighted by Crippen LogP contribution is 2.37. The second kappa shape index (κ2) is 9.10. The van der Waals surface area contributed by atoms with Gasteiger partial charge in [-0.25, -0.2) is 4.79 Å². The number of nitrogens with two attached hydrogens (primary N) is 1. The minimum atomic E-state index is -0.981. The van der Waals surface area contributed by atoms with Gasteiger partial charge < -0.3 is 25.6 Å². The predicted molar refractivity (Wildman–Crippen MR) is 101 cm³/mol. The van der Waals surface area contributed by atoms with Gasteiger partial charge in [-0.05, 0) is 58.7 Å². The van der Waals surface area contributed by atoms with Gasteiger partial charge in [0.05, 0.1) is 16.6 Å². The van der Waals surface area contributed by atoms with Crippen molar-refractivity contribution in [3.63, 3.8) is 0 Å². The molecular formula is C18H19BrN2O5. The number of benzene rings is 2. The molecule has 7 nitrogen and oxygen atoms in total. The predicted octanol–water partition coefficient (Wildman–Crippen LogP) is 3.02. The van der Waals surface area contributed by atoms with E-state index in [4.69, 9.17) is 20.3 Å². The van der Waals surface area contributed by atoms with E-state index in [1.54, 1.807) is 24.3 Å². The Balaban J connectivity index is 2.17. The third-order valence-electron chi connectivity index (χ3n) is 3.33. The summed E-state index contributed by atoms with van der Waals surface area (Å²) in [5, 5.41) is 12.2. The first-order valence-electron chi connectivity index (χ1n) is 7.84. The minimum absolute atomic E-state index is 0.210. The van der Waals surface area contributed by atoms with Crippen LogP contribution < -0.4 is 20.5 Å². The summed E-state index contributed by atoms with van der Waals surface area (Å²) in [5.74, 6) is -0.670. The zero-order valence-electron chi connectivity index (χ0n) is 14.1. The van der Waals surface area contributed by atoms with Crippen molar-refractivity contribution in [3.8, 4) is 11.5 Å². The molecule has 0 aromatic heterocycles. The zero-order valence-corrected chi connectivity index (χ0v) is 15.7. The molecule has 2 aromatic rings. The van der Waals surface area contributed by atoms with Crippen LogP contribution in [0.4, 0.5) is 5.69 Å². The number of carboxylic acids is 1. The van der Waals surface area contributed by atoms with Crippen LogP contribution >= 0.6 is 15.9 Å². The van der Waals surface area contributed by atoms with Gasteiger partial charge in [0.1, 0.15) is 0 Å². The number of nitrogens with one attached hydrogen (secondary N) is 1. The van der Waals surface area contributed by atoms with Crippen molar-refractivity contribution in [2.24, 2.45) is 5.73 Å². The lowest BCUT2D eigenvalue weighted by Gasteiger charge is -2.15. The van der Waals surface area contributed by atoms with Crippen LogP contribution in [0, 0.1) is 0 Å². The highest BCUT2D eigenvalue weighted by molar-refractivity contribution is 9.10. The lowest BCUT2D eigenvalue weighted by molar-refractivity contribution is -0.119. The molecule has 0 fully saturated rings. The van der Waals surface area contributed by atoms with E-state index in [0.29, 0.717) is 34.8 Å². The van der Waals surface area contributed by atoms with Crippen molar-refractivity contribution in [1.82, 2.24) is 0 Å². The van der Waals surface area contributed by atoms with Crippen molar-refractivity contribution < 1.29 is 24.2 Å². The van der Waals surface area contributed by atoms with Gasteiger partial charge in [0, 0.05) is 12.2 Å². The van der Waals surface area contributed by atoms with Crippen molar-refractivity contribution >= 4 is 33.5 Å². The fraction of sp³-hybridized carbons (Fsp3) is 0.222. The van der Waals surface area contributed by atoms with E-state index in [1.807, 2.05) is 13.0 Å². The molecule has 2 aromatic carbocycles. The largest absolute Gasteiger partial charge is 0.490 e. The molecule has 4 N–H and O–H groups in total. The monoisotopic (exact) mass is 422 g/mol. The van der Waals surface area contributed by atoms with E-state index in [9.17, 15) is 9.59 Å². The molecule has 26 heavy (non-hydrogen) atoms. The fourth-order valence-electron chi connectivity index (χ4n) is 2.24. The summed E-state index contributed by atoms with van der Waals surface area (Å²) in [5.41, 5.74) is 6.90. The van der Waals surface area contributed by atoms with Gasteiger partial charge in [-0.15, -0.1) is 0 Å². The minimum Gasteiger partial charge on any atom is -0.490 e. The molecule has 2 rings (SSSR count). The van der Waals surface area contributed by atoms with E-state index in [2.05, 4.69) is 21.2 Å². The van der Waals surface area contributed by atoms with Crippen LogP contribution in [0.3, 0.4) is 0 Å². The van der Waals surface area contributed by atoms with Gasteiger partial charge in [0.25, 0.3) is 5.91 Å². The van der Waals surface area contributed by atoms with Crippen LogP contribution in [0.2, 0.25) is 0 Å². The third kappa shape index (κ3) is 5.38. The van der Waals surface area contributed by atoms with Gasteiger partial charge in [-0.3, -0.25) is 4.79 Å². The molecule has 0 unspecified atom stereocenters. The summed E-state index contributed by atoms with van der Waals surface area (Å²) >= 11 is 3.41. The number of rotatable bonds is 9. The normalized spacial score (nSPS) is 10.2. The van der Waals surface area contributed by atoms with Crippen molar-refractivity contribution in [2.45, 2.75) is 13.5 Å². The van der Waals surface area contributed by atoms with Crippen LogP contribution in [0.5, 0.6) is 11.5 Å². The molecule has 0 aliphatic carbocycles. The van der Waals surface area contributed by atoms with Crippen molar-refractivity contribution in [3.05, 3.63) is 52.0 Å². The van der Waals surface area contributed by atoms with E-state index in [1.165, 1.54) is 6.07 Å². The number of anilines is 1. The van der Waals surface area contributed by atoms with Crippen LogP contribution in [-0.2, 0) is 11.3 Å². The number of ether oxygens (including phenoxy) is 2. The van der Waals surface area contributed by atoms with Gasteiger partial charge >= 0.3 is 5.97 Å². The molecule has 0 saturated heterocycles. The molecule has 0 spiro atoms. The summed E-state index contributed by atoms with van der Waals surface area (Å²) in [7, 11) is 0. The summed E-state index contributed by atoms with van der Waals surface area (Å²) < 4.78 is 11.6. The number of carbonyl (C=O) groups excluding carboxylic acids is 1. The maximum absolute atomic E-state index is 11.0. The van der Waals surface area contributed by atoms with Gasteiger partial charge in [0.15, 0.2) is 18.1 Å². The van der Waals surface area contributed by atoms with E-state index in [-0.39, 0.29) is 12.2 Å². The standard InChI is InChI=1S/C18H19BrN2O5/c1-2-25-15-7-11(6-14(19)17(15)26-10-16(20)22)9-21-13-5-3-4-12(8-13)18(23)24/h3-8,21H,2,9-10H2,1H3,(H2,20,22)(H,23,24). The number of amides is 1. The van der Waals surface area contributed by atoms with Crippen LogP contribution in [0.1, 0.15) is 22.8 Å². The zero-order chi connectivity index (χ0) is 19.1. The van der Waals surface area contributed by atoms with Gasteiger partial charge in [0.2, 0.25) is 0 Å². The maximum Gasteiger partial charge on any atom is 0.335 e. The molecular weight excluding hydrogens is 404 g/mol. The number of carbonyl (C=O) groups is 2. The molecule has 138 valence electrons. The van der Waals surface area contributed by atoms with E-state index < -0.39 is 11.9 Å². The van der Waals surface area contributed by atoms with Crippen molar-refractivity contribution in [1.29, 1.82) is 0 Å². The Hall–Kier alpha value is -2.74. The number of halogens is 1. The number of primary amides is 1. The average molecular weight is 423 g/mol. The molecule has 0 atom stereocenters. The SMILES string of the molecule is CCOc1cc(CNc2cccc(C(=O)O)c2)cc(Br)c1OCC(N)=O. The summed E-state index contributed by atoms with van der Waals surface area (Å²) in [4.78, 5) is 22.0. The molecule has 0 heterocycles. The Bertz CT molecular complexity index is 810. The highest BCUT2D eigenvalue weighted by atomic mass is 79.9. The molecule has 0 aliphatic rings. The maximum atomic E-state index is 11.0. The Kier molecular flexibility index (Phi) is 6.85. The first-order valence-corrected chi connectivity index (χ1v) is 8.63. The van der Waals surface area contributed by atoms with Crippen LogP contribution in [-0.4, -0.2) is 30.2 Å². The lowest BCUT2D eigenvalue weighted by Crippen LogP contribution is -2.20. The summed E-state index contributed by atoms with van der Waals surface area (Å²) in [6, 6.07) is 10.2. The highest BCUT2D eigenvalue weighted by Gasteiger charge is 2.13. The Morgan fingerprint density at radius 1 is 1.23 bits per heavy atom. The number of carboxylic acid groups (broad SMARTS) is 1. The smallest absolute Gasteiger partial charge is 0.335 e. The first-order chi connectivity index (χ1) is 12.4. The molecule has 0 radical (unpaired) electrons. The van der Waals surface area contributed by atoms with Crippen LogP contribution in [0.15, 0.2) is 40.9 Å². The average Bonchev–Trinajstić information content (AvgIpc) is 2.59. The Labute approximate surface area is 159 Å². The Morgan fingerprint density at radius 3 is 2.65 bits per heavy atom. The Morgan fingerprint density at radius 2 is 2.00 bits per heavy atom. The van der Waals surface area contributed by atoms with Gasteiger partial charge in [-0.1, -0.05) is 6.07 Å². The molecule has 0 aliphatic heterocycles. The van der Waals surface area contributed by atoms with Crippen molar-refractivity contribution in [2.75, 3.05) is 18.5 Å². The van der Waals surface area contributed by atoms with E-state index >= 15 is 0 Å². The quantitative estimate of drug-likeness (QED) is 0.572. The topological polar surface area (TPSA) is 111 Å². The summed E-state index contributed by atoms with van der Waals surface area (Å²) in [6.07, 6.45) is 0. The number of aromatic carboxylic acids is 1. The first kappa shape index (κ1) is 19.6. The lowest BCUT2D eigenvalue weighted by atomic mass is 10.1. The molecule has 8 heteroatoms. The van der Waals surface area contributed by atoms with E-state index in [0.717, 1.165) is 5.56 Å². The fourth-order valence-corrected chi connectivity index (χ4v) is 2.84. The van der Waals surface area contributed by atoms with Gasteiger partial charge in [-0.2, -0.15) is 0 Å². The molecule has 0 saturated carbocycles. The number of hydrogen-bond acceptors (Lipinski definition) is 5. The van der Waals surface area contributed by atoms with Crippen LogP contribution in [0.25, 0.3) is 0 Å². The molecule has 1 amide bonds. The number of hydrogen-bond donors (Lipinski definition) is 3. The molecule has 0 bridgehead atoms. The second-order valence-corrected chi connectivity index (χ2v) is 6.19.